The van der Waals surface area contributed by atoms with Gasteiger partial charge in [-0.05, 0) is 13.8 Å². The van der Waals surface area contributed by atoms with Crippen LogP contribution in [0.15, 0.2) is 22.4 Å². The third kappa shape index (κ3) is 3.15. The number of β-lactam (4-membered cyclic amide) rings is 1. The summed E-state index contributed by atoms with van der Waals surface area (Å²) in [5, 5.41) is 8.70. The molecule has 0 aromatic heterocycles. The van der Waals surface area contributed by atoms with Gasteiger partial charge in [-0.3, -0.25) is 14.5 Å². The number of quaternary nitrogens is 1. The van der Waals surface area contributed by atoms with Gasteiger partial charge in [0.25, 0.3) is 5.91 Å². The number of nitrogens with zero attached hydrogens (tertiary/aromatic N) is 1. The van der Waals surface area contributed by atoms with Gasteiger partial charge in [-0.15, -0.1) is 0 Å². The maximum absolute atomic E-state index is 12.2. The van der Waals surface area contributed by atoms with Crippen LogP contribution < -0.4 is 29.7 Å². The van der Waals surface area contributed by atoms with Crippen molar-refractivity contribution in [2.75, 3.05) is 6.61 Å². The van der Waals surface area contributed by atoms with Crippen molar-refractivity contribution >= 4 is 29.6 Å². The zero-order chi connectivity index (χ0) is 15.9. The van der Waals surface area contributed by atoms with E-state index in [1.165, 1.54) is 23.6 Å². The van der Waals surface area contributed by atoms with Crippen LogP contribution in [0.4, 0.5) is 0 Å². The van der Waals surface area contributed by atoms with E-state index >= 15 is 0 Å². The van der Waals surface area contributed by atoms with Gasteiger partial charge in [0.05, 0.1) is 5.57 Å². The molecule has 0 aliphatic carbocycles. The predicted octanol–water partition coefficient (Wildman–Crippen LogP) is -3.29. The minimum absolute atomic E-state index is 0. The van der Waals surface area contributed by atoms with E-state index in [-0.39, 0.29) is 52.9 Å². The summed E-state index contributed by atoms with van der Waals surface area (Å²) in [6.07, 6.45) is 0. The highest BCUT2D eigenvalue weighted by Gasteiger charge is 2.53. The van der Waals surface area contributed by atoms with Crippen molar-refractivity contribution in [3.8, 4) is 0 Å². The molecule has 7 nitrogen and oxygen atoms in total. The van der Waals surface area contributed by atoms with Gasteiger partial charge in [0.1, 0.15) is 17.7 Å². The van der Waals surface area contributed by atoms with E-state index in [2.05, 4.69) is 5.73 Å². The Bertz CT molecular complexity index is 597. The number of fused-ring (bicyclic) bond motifs is 1. The van der Waals surface area contributed by atoms with E-state index in [0.29, 0.717) is 11.1 Å². The first-order valence-corrected chi connectivity index (χ1v) is 7.29. The number of hydrogen-bond acceptors (Lipinski definition) is 5. The molecule has 2 aliphatic heterocycles. The van der Waals surface area contributed by atoms with Crippen LogP contribution in [0.5, 0.6) is 0 Å². The molecular weight excluding hydrogens is 423 g/mol. The fraction of sp³-hybridized carbons (Fsp3) is 0.462. The number of ether oxygens (including phenoxy) is 1. The smallest absolute Gasteiger partial charge is 0.353 e. The van der Waals surface area contributed by atoms with Crippen molar-refractivity contribution in [2.45, 2.75) is 31.5 Å². The van der Waals surface area contributed by atoms with Gasteiger partial charge in [-0.2, -0.15) is 0 Å². The number of hydrogen-bond donors (Lipinski definition) is 2. The number of halogens is 1. The van der Waals surface area contributed by atoms with E-state index in [1.807, 2.05) is 13.8 Å². The first-order valence-electron chi connectivity index (χ1n) is 6.34. The molecule has 1 unspecified atom stereocenters. The topological polar surface area (TPSA) is 112 Å². The van der Waals surface area contributed by atoms with Crippen LogP contribution in [0.25, 0.3) is 0 Å². The van der Waals surface area contributed by atoms with Crippen LogP contribution in [0.3, 0.4) is 0 Å². The zero-order valence-electron chi connectivity index (χ0n) is 12.4. The lowest BCUT2D eigenvalue weighted by molar-refractivity contribution is -0.375. The van der Waals surface area contributed by atoms with Crippen LogP contribution in [0.2, 0.25) is 0 Å². The minimum Gasteiger partial charge on any atom is -1.00 e. The van der Waals surface area contributed by atoms with Crippen molar-refractivity contribution < 1.29 is 53.9 Å². The molecule has 0 bridgehead atoms. The number of thioether (sulfide) groups is 1. The van der Waals surface area contributed by atoms with Crippen molar-refractivity contribution in [1.82, 2.24) is 4.90 Å². The average Bonchev–Trinajstić information content (AvgIpc) is 2.35. The highest BCUT2D eigenvalue weighted by Crippen LogP contribution is 2.45. The number of carboxylic acids is 1. The quantitative estimate of drug-likeness (QED) is 0.206. The van der Waals surface area contributed by atoms with E-state index in [9.17, 15) is 19.5 Å². The highest BCUT2D eigenvalue weighted by molar-refractivity contribution is 8.00. The molecule has 0 radical (unpaired) electrons. The minimum atomic E-state index is -1.21. The zero-order valence-corrected chi connectivity index (χ0v) is 15.4. The third-order valence-corrected chi connectivity index (χ3v) is 4.65. The number of allylic oxidation sites excluding steroid dienone is 1. The summed E-state index contributed by atoms with van der Waals surface area (Å²) < 4.78 is 4.89. The normalized spacial score (nSPS) is 23.4. The van der Waals surface area contributed by atoms with Crippen molar-refractivity contribution in [3.05, 3.63) is 22.4 Å². The predicted molar refractivity (Wildman–Crippen MR) is 74.6 cm³/mol. The Morgan fingerprint density at radius 1 is 1.36 bits per heavy atom. The van der Waals surface area contributed by atoms with Crippen molar-refractivity contribution in [3.63, 3.8) is 0 Å². The molecule has 0 aromatic rings. The fourth-order valence-electron chi connectivity index (χ4n) is 2.34. The van der Waals surface area contributed by atoms with E-state index < -0.39 is 11.9 Å². The molecule has 122 valence electrons. The summed E-state index contributed by atoms with van der Waals surface area (Å²) in [5.74, 6) is -2.03. The molecule has 2 rings (SSSR count). The van der Waals surface area contributed by atoms with E-state index in [1.54, 1.807) is 0 Å². The van der Waals surface area contributed by atoms with Gasteiger partial charge < -0.3 is 39.6 Å². The number of carboxylic acid groups (broad SMARTS) is 1. The fourth-order valence-corrected chi connectivity index (χ4v) is 3.79. The van der Waals surface area contributed by atoms with Gasteiger partial charge in [-0.25, -0.2) is 4.79 Å². The second kappa shape index (κ2) is 7.01. The van der Waals surface area contributed by atoms with E-state index in [0.717, 1.165) is 5.57 Å². The average molecular weight is 440 g/mol. The number of carbonyl (C=O) groups is 3. The van der Waals surface area contributed by atoms with Gasteiger partial charge in [0, 0.05) is 12.5 Å². The summed E-state index contributed by atoms with van der Waals surface area (Å²) in [7, 11) is 0. The molecule has 0 spiro atoms. The lowest BCUT2D eigenvalue weighted by Gasteiger charge is -2.46. The molecule has 1 fully saturated rings. The Morgan fingerprint density at radius 3 is 2.41 bits per heavy atom. The highest BCUT2D eigenvalue weighted by atomic mass is 127. The summed E-state index contributed by atoms with van der Waals surface area (Å²) in [4.78, 5) is 35.9. The van der Waals surface area contributed by atoms with Crippen LogP contribution >= 0.6 is 11.8 Å². The Kier molecular flexibility index (Phi) is 6.04. The maximum atomic E-state index is 12.2. The summed E-state index contributed by atoms with van der Waals surface area (Å²) in [6, 6.07) is 0. The van der Waals surface area contributed by atoms with Crippen LogP contribution in [-0.2, 0) is 19.1 Å². The molecule has 1 amide bonds. The Morgan fingerprint density at radius 2 is 1.95 bits per heavy atom. The lowest BCUT2D eigenvalue weighted by Crippen LogP contribution is -3.00. The summed E-state index contributed by atoms with van der Waals surface area (Å²) in [6.45, 7) is 4.72. The molecule has 2 aliphatic rings. The number of esters is 1. The summed E-state index contributed by atoms with van der Waals surface area (Å²) in [5.41, 5.74) is 5.64. The van der Waals surface area contributed by atoms with Crippen LogP contribution in [0, 0.1) is 0 Å². The number of rotatable bonds is 3. The monoisotopic (exact) mass is 440 g/mol. The first kappa shape index (κ1) is 19.0. The molecule has 0 saturated carbocycles. The number of aliphatic carboxylic acids is 1. The van der Waals surface area contributed by atoms with Crippen LogP contribution in [-0.4, -0.2) is 45.2 Å². The van der Waals surface area contributed by atoms with E-state index in [4.69, 9.17) is 4.74 Å². The number of amides is 1. The SMILES string of the molecule is CC(=O)OCC1=C(C(=O)O)N2C(=O)C(=C(C)C)[C@H]2SC1[NH3+].[I-]. The Hall–Kier alpha value is -1.07. The standard InChI is InChI=1S/C13H16N2O5S.HI/c1-5(2)8-11(17)15-9(13(18)19)7(4-20-6(3)16)10(14)21-12(8)15;/h10,12H,4,14H2,1-3H3,(H,18,19);1H/t10?,12-;/m1./s1. The molecule has 2 atom stereocenters. The van der Waals surface area contributed by atoms with Gasteiger partial charge in [0.15, 0.2) is 5.37 Å². The lowest BCUT2D eigenvalue weighted by atomic mass is 9.98. The van der Waals surface area contributed by atoms with Gasteiger partial charge >= 0.3 is 11.9 Å². The number of carbonyl (C=O) groups excluding carboxylic acids is 2. The molecule has 0 aromatic carbocycles. The largest absolute Gasteiger partial charge is 1.00 e. The van der Waals surface area contributed by atoms with Crippen molar-refractivity contribution in [1.29, 1.82) is 0 Å². The second-order valence-electron chi connectivity index (χ2n) is 5.03. The Labute approximate surface area is 148 Å². The molecular formula is C13H17IN2O5S. The third-order valence-electron chi connectivity index (χ3n) is 3.33. The second-order valence-corrected chi connectivity index (χ2v) is 6.31. The molecule has 2 heterocycles. The van der Waals surface area contributed by atoms with Gasteiger partial charge in [-0.1, -0.05) is 17.3 Å². The van der Waals surface area contributed by atoms with Gasteiger partial charge in [0.2, 0.25) is 0 Å². The maximum Gasteiger partial charge on any atom is 0.353 e. The Balaban J connectivity index is 0.00000242. The molecule has 22 heavy (non-hydrogen) atoms. The van der Waals surface area contributed by atoms with Crippen LogP contribution in [0.1, 0.15) is 20.8 Å². The molecule has 4 N–H and O–H groups in total. The molecule has 1 saturated heterocycles. The van der Waals surface area contributed by atoms with Crippen molar-refractivity contribution in [2.24, 2.45) is 0 Å². The molecule has 9 heteroatoms. The summed E-state index contributed by atoms with van der Waals surface area (Å²) >= 11 is 1.38. The first-order chi connectivity index (χ1) is 9.75.